The SMILES string of the molecule is CNCCC1CCN(CC(=O)NCc2ccc(OC(F)F)cc2)CC1. The van der Waals surface area contributed by atoms with Crippen molar-refractivity contribution in [3.8, 4) is 5.75 Å². The van der Waals surface area contributed by atoms with E-state index in [1.807, 2.05) is 7.05 Å². The number of hydrogen-bond acceptors (Lipinski definition) is 4. The van der Waals surface area contributed by atoms with Crippen molar-refractivity contribution in [2.45, 2.75) is 32.4 Å². The van der Waals surface area contributed by atoms with Gasteiger partial charge in [0.15, 0.2) is 0 Å². The average Bonchev–Trinajstić information content (AvgIpc) is 2.60. The van der Waals surface area contributed by atoms with Crippen molar-refractivity contribution in [2.24, 2.45) is 5.92 Å². The maximum Gasteiger partial charge on any atom is 0.387 e. The van der Waals surface area contributed by atoms with Crippen molar-refractivity contribution >= 4 is 5.91 Å². The molecule has 2 rings (SSSR count). The van der Waals surface area contributed by atoms with Gasteiger partial charge < -0.3 is 15.4 Å². The highest BCUT2D eigenvalue weighted by molar-refractivity contribution is 5.78. The van der Waals surface area contributed by atoms with Gasteiger partial charge in [-0.1, -0.05) is 12.1 Å². The largest absolute Gasteiger partial charge is 0.435 e. The van der Waals surface area contributed by atoms with E-state index in [1.165, 1.54) is 18.6 Å². The third-order valence-corrected chi connectivity index (χ3v) is 4.52. The standard InChI is InChI=1S/C18H27F2N3O2/c1-21-9-6-14-7-10-23(11-8-14)13-17(24)22-12-15-2-4-16(5-3-15)25-18(19)20/h2-5,14,18,21H,6-13H2,1H3,(H,22,24). The predicted octanol–water partition coefficient (Wildman–Crippen LogP) is 2.23. The van der Waals surface area contributed by atoms with Gasteiger partial charge in [0.25, 0.3) is 0 Å². The molecule has 1 aromatic rings. The molecule has 1 aromatic carbocycles. The Hall–Kier alpha value is -1.73. The van der Waals surface area contributed by atoms with Crippen LogP contribution in [0.15, 0.2) is 24.3 Å². The van der Waals surface area contributed by atoms with E-state index < -0.39 is 6.61 Å². The molecule has 0 bridgehead atoms. The van der Waals surface area contributed by atoms with E-state index in [0.29, 0.717) is 13.1 Å². The van der Waals surface area contributed by atoms with Gasteiger partial charge in [-0.05, 0) is 69.6 Å². The maximum absolute atomic E-state index is 12.1. The molecule has 0 aromatic heterocycles. The first-order valence-corrected chi connectivity index (χ1v) is 8.74. The Labute approximate surface area is 147 Å². The van der Waals surface area contributed by atoms with Gasteiger partial charge in [0.1, 0.15) is 5.75 Å². The van der Waals surface area contributed by atoms with Crippen LogP contribution in [0.2, 0.25) is 0 Å². The highest BCUT2D eigenvalue weighted by Gasteiger charge is 2.20. The van der Waals surface area contributed by atoms with Crippen LogP contribution in [0.4, 0.5) is 8.78 Å². The predicted molar refractivity (Wildman–Crippen MR) is 92.6 cm³/mol. The number of amides is 1. The Bertz CT molecular complexity index is 518. The molecule has 1 saturated heterocycles. The summed E-state index contributed by atoms with van der Waals surface area (Å²) in [5, 5.41) is 6.05. The van der Waals surface area contributed by atoms with Crippen LogP contribution in [0, 0.1) is 5.92 Å². The topological polar surface area (TPSA) is 53.6 Å². The van der Waals surface area contributed by atoms with Crippen LogP contribution in [-0.4, -0.2) is 50.6 Å². The van der Waals surface area contributed by atoms with E-state index in [0.717, 1.165) is 44.0 Å². The number of carbonyl (C=O) groups is 1. The van der Waals surface area contributed by atoms with Gasteiger partial charge in [0, 0.05) is 6.54 Å². The summed E-state index contributed by atoms with van der Waals surface area (Å²) in [6.07, 6.45) is 3.48. The lowest BCUT2D eigenvalue weighted by atomic mass is 9.93. The Morgan fingerprint density at radius 1 is 1.28 bits per heavy atom. The number of hydrogen-bond donors (Lipinski definition) is 2. The molecule has 7 heteroatoms. The zero-order valence-corrected chi connectivity index (χ0v) is 14.6. The van der Waals surface area contributed by atoms with Gasteiger partial charge in [-0.15, -0.1) is 0 Å². The van der Waals surface area contributed by atoms with Crippen LogP contribution in [0.3, 0.4) is 0 Å². The van der Waals surface area contributed by atoms with Gasteiger partial charge in [-0.3, -0.25) is 9.69 Å². The lowest BCUT2D eigenvalue weighted by molar-refractivity contribution is -0.122. The second-order valence-electron chi connectivity index (χ2n) is 6.41. The molecule has 25 heavy (non-hydrogen) atoms. The first kappa shape index (κ1) is 19.6. The minimum atomic E-state index is -2.83. The molecule has 0 radical (unpaired) electrons. The fourth-order valence-corrected chi connectivity index (χ4v) is 3.03. The molecule has 5 nitrogen and oxygen atoms in total. The van der Waals surface area contributed by atoms with Crippen molar-refractivity contribution in [1.29, 1.82) is 0 Å². The van der Waals surface area contributed by atoms with Crippen LogP contribution in [0.5, 0.6) is 5.75 Å². The van der Waals surface area contributed by atoms with Gasteiger partial charge >= 0.3 is 6.61 Å². The number of nitrogens with zero attached hydrogens (tertiary/aromatic N) is 1. The number of halogens is 2. The van der Waals surface area contributed by atoms with Crippen LogP contribution < -0.4 is 15.4 Å². The number of nitrogens with one attached hydrogen (secondary N) is 2. The molecule has 2 N–H and O–H groups in total. The van der Waals surface area contributed by atoms with Gasteiger partial charge in [0.05, 0.1) is 6.54 Å². The Morgan fingerprint density at radius 3 is 2.56 bits per heavy atom. The van der Waals surface area contributed by atoms with Crippen LogP contribution in [0.1, 0.15) is 24.8 Å². The van der Waals surface area contributed by atoms with Crippen molar-refractivity contribution in [3.63, 3.8) is 0 Å². The number of piperidine rings is 1. The van der Waals surface area contributed by atoms with E-state index in [1.54, 1.807) is 12.1 Å². The highest BCUT2D eigenvalue weighted by Crippen LogP contribution is 2.19. The number of benzene rings is 1. The van der Waals surface area contributed by atoms with Gasteiger partial charge in [0.2, 0.25) is 5.91 Å². The first-order chi connectivity index (χ1) is 12.1. The number of rotatable bonds is 9. The molecular weight excluding hydrogens is 328 g/mol. The van der Waals surface area contributed by atoms with Crippen molar-refractivity contribution in [3.05, 3.63) is 29.8 Å². The molecule has 140 valence electrons. The molecular formula is C18H27F2N3O2. The summed E-state index contributed by atoms with van der Waals surface area (Å²) in [6, 6.07) is 6.30. The molecule has 0 atom stereocenters. The van der Waals surface area contributed by atoms with Crippen LogP contribution in [0.25, 0.3) is 0 Å². The molecule has 0 unspecified atom stereocenters. The lowest BCUT2D eigenvalue weighted by Crippen LogP contribution is -2.41. The zero-order valence-electron chi connectivity index (χ0n) is 14.6. The molecule has 1 aliphatic heterocycles. The van der Waals surface area contributed by atoms with E-state index in [9.17, 15) is 13.6 Å². The van der Waals surface area contributed by atoms with Crippen LogP contribution in [-0.2, 0) is 11.3 Å². The number of alkyl halides is 2. The zero-order chi connectivity index (χ0) is 18.1. The second-order valence-corrected chi connectivity index (χ2v) is 6.41. The number of carbonyl (C=O) groups excluding carboxylic acids is 1. The summed E-state index contributed by atoms with van der Waals surface area (Å²) >= 11 is 0. The second kappa shape index (κ2) is 10.3. The molecule has 0 aliphatic carbocycles. The lowest BCUT2D eigenvalue weighted by Gasteiger charge is -2.31. The fraction of sp³-hybridized carbons (Fsp3) is 0.611. The van der Waals surface area contributed by atoms with Crippen molar-refractivity contribution in [1.82, 2.24) is 15.5 Å². The molecule has 1 amide bonds. The third-order valence-electron chi connectivity index (χ3n) is 4.52. The Morgan fingerprint density at radius 2 is 1.96 bits per heavy atom. The Kier molecular flexibility index (Phi) is 8.08. The third kappa shape index (κ3) is 7.36. The number of ether oxygens (including phenoxy) is 1. The minimum absolute atomic E-state index is 0.0124. The quantitative estimate of drug-likeness (QED) is 0.713. The fourth-order valence-electron chi connectivity index (χ4n) is 3.03. The summed E-state index contributed by atoms with van der Waals surface area (Å²) in [4.78, 5) is 14.2. The number of likely N-dealkylation sites (tertiary alicyclic amines) is 1. The van der Waals surface area contributed by atoms with Crippen LogP contribution >= 0.6 is 0 Å². The summed E-state index contributed by atoms with van der Waals surface area (Å²) in [5.74, 6) is 0.855. The maximum atomic E-state index is 12.1. The molecule has 1 aliphatic rings. The van der Waals surface area contributed by atoms with Gasteiger partial charge in [-0.25, -0.2) is 0 Å². The smallest absolute Gasteiger partial charge is 0.387 e. The monoisotopic (exact) mass is 355 g/mol. The molecule has 1 heterocycles. The van der Waals surface area contributed by atoms with Crippen molar-refractivity contribution in [2.75, 3.05) is 33.2 Å². The minimum Gasteiger partial charge on any atom is -0.435 e. The van der Waals surface area contributed by atoms with E-state index >= 15 is 0 Å². The van der Waals surface area contributed by atoms with E-state index in [-0.39, 0.29) is 11.7 Å². The molecule has 0 spiro atoms. The normalized spacial score (nSPS) is 16.2. The van der Waals surface area contributed by atoms with Gasteiger partial charge in [-0.2, -0.15) is 8.78 Å². The first-order valence-electron chi connectivity index (χ1n) is 8.74. The van der Waals surface area contributed by atoms with E-state index in [2.05, 4.69) is 20.3 Å². The Balaban J connectivity index is 1.65. The highest BCUT2D eigenvalue weighted by atomic mass is 19.3. The van der Waals surface area contributed by atoms with E-state index in [4.69, 9.17) is 0 Å². The summed E-state index contributed by atoms with van der Waals surface area (Å²) < 4.78 is 28.5. The molecule has 0 saturated carbocycles. The average molecular weight is 355 g/mol. The van der Waals surface area contributed by atoms with Crippen molar-refractivity contribution < 1.29 is 18.3 Å². The summed E-state index contributed by atoms with van der Waals surface area (Å²) in [6.45, 7) is 0.931. The summed E-state index contributed by atoms with van der Waals surface area (Å²) in [7, 11) is 1.97. The molecule has 1 fully saturated rings. The summed E-state index contributed by atoms with van der Waals surface area (Å²) in [5.41, 5.74) is 0.848.